The topological polar surface area (TPSA) is 61.9 Å². The van der Waals surface area contributed by atoms with Gasteiger partial charge >= 0.3 is 5.19 Å². The first-order valence-corrected chi connectivity index (χ1v) is 4.71. The third-order valence-corrected chi connectivity index (χ3v) is 1.84. The van der Waals surface area contributed by atoms with E-state index in [1.165, 1.54) is 5.38 Å². The van der Waals surface area contributed by atoms with Crippen LogP contribution in [0.1, 0.15) is 31.3 Å². The van der Waals surface area contributed by atoms with Crippen molar-refractivity contribution in [1.29, 1.82) is 0 Å². The summed E-state index contributed by atoms with van der Waals surface area (Å²) in [5.41, 5.74) is -0.103. The normalized spacial score (nSPS) is 11.3. The molecule has 1 aromatic rings. The lowest BCUT2D eigenvalue weighted by Crippen LogP contribution is -2.40. The fourth-order valence-electron chi connectivity index (χ4n) is 0.766. The number of aromatic nitrogens is 1. The molecule has 13 heavy (non-hydrogen) atoms. The molecule has 0 bridgehead atoms. The van der Waals surface area contributed by atoms with Gasteiger partial charge in [-0.3, -0.25) is 9.90 Å². The van der Waals surface area contributed by atoms with Crippen molar-refractivity contribution in [3.05, 3.63) is 11.1 Å². The minimum Gasteiger partial charge on any atom is -0.346 e. The Bertz CT molecular complexity index is 314. The molecule has 0 saturated heterocycles. The third-order valence-electron chi connectivity index (χ3n) is 1.20. The molecule has 1 aromatic heterocycles. The number of nitrogens with zero attached hydrogens (tertiary/aromatic N) is 1. The number of nitrogens with one attached hydrogen (secondary N) is 1. The highest BCUT2D eigenvalue weighted by molar-refractivity contribution is 7.11. The molecule has 71 valence electrons. The Kier molecular flexibility index (Phi) is 2.56. The molecule has 0 aliphatic heterocycles. The van der Waals surface area contributed by atoms with E-state index < -0.39 is 0 Å². The largest absolute Gasteiger partial charge is 0.346 e. The highest BCUT2D eigenvalue weighted by atomic mass is 32.1. The standard InChI is InChI=1S/C8H11N2O2S/c1-8(2,3)10-6(11)5-4-13-7(12)9-5/h4H,1-3H3,(H,10,11). The summed E-state index contributed by atoms with van der Waals surface area (Å²) < 4.78 is 0. The van der Waals surface area contributed by atoms with Crippen LogP contribution in [0.5, 0.6) is 5.19 Å². The first-order valence-electron chi connectivity index (χ1n) is 3.83. The molecule has 0 aromatic carbocycles. The molecular formula is C8H11N2O2S. The first-order chi connectivity index (χ1) is 5.88. The number of hydrogen-bond acceptors (Lipinski definition) is 3. The zero-order valence-corrected chi connectivity index (χ0v) is 8.57. The van der Waals surface area contributed by atoms with E-state index in [4.69, 9.17) is 0 Å². The van der Waals surface area contributed by atoms with Crippen LogP contribution in [0.2, 0.25) is 0 Å². The van der Waals surface area contributed by atoms with Crippen molar-refractivity contribution >= 4 is 17.2 Å². The Morgan fingerprint density at radius 2 is 2.15 bits per heavy atom. The Labute approximate surface area is 80.6 Å². The van der Waals surface area contributed by atoms with Crippen LogP contribution in [0, 0.1) is 0 Å². The smallest absolute Gasteiger partial charge is 0.327 e. The molecule has 0 aliphatic rings. The Hall–Kier alpha value is -1.10. The van der Waals surface area contributed by atoms with Gasteiger partial charge in [0.25, 0.3) is 5.91 Å². The van der Waals surface area contributed by atoms with Crippen molar-refractivity contribution in [3.63, 3.8) is 0 Å². The highest BCUT2D eigenvalue weighted by Crippen LogP contribution is 2.16. The number of hydrogen-bond donors (Lipinski definition) is 1. The minimum atomic E-state index is -0.334. The second-order valence-corrected chi connectivity index (χ2v) is 4.52. The molecule has 0 unspecified atom stereocenters. The van der Waals surface area contributed by atoms with Crippen LogP contribution in [0.15, 0.2) is 5.38 Å². The van der Waals surface area contributed by atoms with Gasteiger partial charge in [0, 0.05) is 10.9 Å². The van der Waals surface area contributed by atoms with Gasteiger partial charge in [0.1, 0.15) is 5.69 Å². The maximum absolute atomic E-state index is 11.4. The third kappa shape index (κ3) is 3.02. The Morgan fingerprint density at radius 1 is 1.54 bits per heavy atom. The molecule has 1 heterocycles. The van der Waals surface area contributed by atoms with E-state index in [0.717, 1.165) is 11.3 Å². The molecule has 1 radical (unpaired) electrons. The van der Waals surface area contributed by atoms with Gasteiger partial charge in [0.2, 0.25) is 0 Å². The van der Waals surface area contributed by atoms with E-state index in [-0.39, 0.29) is 22.3 Å². The van der Waals surface area contributed by atoms with E-state index in [9.17, 15) is 9.90 Å². The molecule has 5 heteroatoms. The fraction of sp³-hybridized carbons (Fsp3) is 0.500. The van der Waals surface area contributed by atoms with E-state index >= 15 is 0 Å². The summed E-state index contributed by atoms with van der Waals surface area (Å²) in [4.78, 5) is 14.9. The molecule has 0 spiro atoms. The zero-order valence-electron chi connectivity index (χ0n) is 7.75. The monoisotopic (exact) mass is 199 g/mol. The summed E-state index contributed by atoms with van der Waals surface area (Å²) in [6.07, 6.45) is 0. The van der Waals surface area contributed by atoms with Gasteiger partial charge in [0.05, 0.1) is 0 Å². The van der Waals surface area contributed by atoms with Crippen molar-refractivity contribution in [1.82, 2.24) is 10.3 Å². The molecule has 0 fully saturated rings. The Balaban J connectivity index is 2.70. The van der Waals surface area contributed by atoms with Gasteiger partial charge in [-0.05, 0) is 20.8 Å². The zero-order chi connectivity index (χ0) is 10.1. The molecule has 4 nitrogen and oxygen atoms in total. The summed E-state index contributed by atoms with van der Waals surface area (Å²) in [5, 5.41) is 14.5. The number of carbonyl (C=O) groups excluding carboxylic acids is 1. The number of thiazole rings is 1. The molecule has 1 amide bonds. The van der Waals surface area contributed by atoms with Gasteiger partial charge in [-0.2, -0.15) is 4.98 Å². The lowest BCUT2D eigenvalue weighted by atomic mass is 10.1. The van der Waals surface area contributed by atoms with Crippen molar-refractivity contribution in [2.24, 2.45) is 0 Å². The maximum atomic E-state index is 11.4. The maximum Gasteiger partial charge on any atom is 0.327 e. The quantitative estimate of drug-likeness (QED) is 0.749. The average Bonchev–Trinajstić information content (AvgIpc) is 2.31. The second kappa shape index (κ2) is 3.33. The summed E-state index contributed by atoms with van der Waals surface area (Å²) in [7, 11) is 0. The van der Waals surface area contributed by atoms with Crippen LogP contribution < -0.4 is 5.32 Å². The minimum absolute atomic E-state index is 0.199. The van der Waals surface area contributed by atoms with Gasteiger partial charge in [-0.15, -0.1) is 0 Å². The SMILES string of the molecule is CC(C)(C)NC(=O)c1csc([O])n1. The van der Waals surface area contributed by atoms with Crippen LogP contribution in [-0.4, -0.2) is 16.4 Å². The molecule has 1 rings (SSSR count). The van der Waals surface area contributed by atoms with Gasteiger partial charge in [0.15, 0.2) is 0 Å². The number of carbonyl (C=O) groups is 1. The van der Waals surface area contributed by atoms with Crippen molar-refractivity contribution in [3.8, 4) is 5.19 Å². The van der Waals surface area contributed by atoms with Crippen LogP contribution in [0.3, 0.4) is 0 Å². The van der Waals surface area contributed by atoms with E-state index in [1.807, 2.05) is 20.8 Å². The van der Waals surface area contributed by atoms with Crippen molar-refractivity contribution < 1.29 is 9.90 Å². The van der Waals surface area contributed by atoms with Crippen LogP contribution in [-0.2, 0) is 5.11 Å². The summed E-state index contributed by atoms with van der Waals surface area (Å²) >= 11 is 0.931. The van der Waals surface area contributed by atoms with Gasteiger partial charge in [-0.1, -0.05) is 11.3 Å². The molecule has 0 atom stereocenters. The van der Waals surface area contributed by atoms with Gasteiger partial charge in [-0.25, -0.2) is 0 Å². The Morgan fingerprint density at radius 3 is 2.54 bits per heavy atom. The van der Waals surface area contributed by atoms with Crippen LogP contribution >= 0.6 is 11.3 Å². The lowest BCUT2D eigenvalue weighted by Gasteiger charge is -2.19. The van der Waals surface area contributed by atoms with Crippen molar-refractivity contribution in [2.75, 3.05) is 0 Å². The van der Waals surface area contributed by atoms with Crippen molar-refractivity contribution in [2.45, 2.75) is 26.3 Å². The summed E-state index contributed by atoms with van der Waals surface area (Å²) in [6.45, 7) is 5.61. The summed E-state index contributed by atoms with van der Waals surface area (Å²) in [6, 6.07) is 0. The molecule has 0 aliphatic carbocycles. The van der Waals surface area contributed by atoms with E-state index in [0.29, 0.717) is 0 Å². The number of amides is 1. The number of rotatable bonds is 1. The molecule has 1 N–H and O–H groups in total. The highest BCUT2D eigenvalue weighted by Gasteiger charge is 2.17. The lowest BCUT2D eigenvalue weighted by molar-refractivity contribution is 0.0914. The van der Waals surface area contributed by atoms with E-state index in [1.54, 1.807) is 0 Å². The van der Waals surface area contributed by atoms with Crippen LogP contribution in [0.25, 0.3) is 0 Å². The van der Waals surface area contributed by atoms with E-state index in [2.05, 4.69) is 10.3 Å². The van der Waals surface area contributed by atoms with Gasteiger partial charge < -0.3 is 5.32 Å². The fourth-order valence-corrected chi connectivity index (χ4v) is 1.29. The first kappa shape index (κ1) is 9.98. The molecule has 0 saturated carbocycles. The van der Waals surface area contributed by atoms with Crippen LogP contribution in [0.4, 0.5) is 0 Å². The average molecular weight is 199 g/mol. The summed E-state index contributed by atoms with van der Waals surface area (Å²) in [5.74, 6) is -0.300. The second-order valence-electron chi connectivity index (χ2n) is 3.70. The molecular weight excluding hydrogens is 188 g/mol. The predicted octanol–water partition coefficient (Wildman–Crippen LogP) is 1.82. The predicted molar refractivity (Wildman–Crippen MR) is 49.5 cm³/mol.